The van der Waals surface area contributed by atoms with Crippen LogP contribution in [0.4, 0.5) is 22.4 Å². The minimum atomic E-state index is -4.97. The van der Waals surface area contributed by atoms with Gasteiger partial charge in [-0.15, -0.1) is 0 Å². The second-order valence-corrected chi connectivity index (χ2v) is 18.6. The van der Waals surface area contributed by atoms with Gasteiger partial charge < -0.3 is 34.5 Å². The first-order valence-corrected chi connectivity index (χ1v) is 21.9. The van der Waals surface area contributed by atoms with Crippen LogP contribution in [-0.2, 0) is 33.9 Å². The topological polar surface area (TPSA) is 192 Å². The number of benzene rings is 1. The summed E-state index contributed by atoms with van der Waals surface area (Å²) in [4.78, 5) is 61.7. The van der Waals surface area contributed by atoms with E-state index in [1.165, 1.54) is 26.3 Å². The van der Waals surface area contributed by atoms with E-state index >= 15 is 0 Å². The van der Waals surface area contributed by atoms with Gasteiger partial charge in [0.25, 0.3) is 5.91 Å². The maximum atomic E-state index is 14.9. The summed E-state index contributed by atoms with van der Waals surface area (Å²) in [7, 11) is -2.82. The number of fused-ring (bicyclic) bond motifs is 3. The molecule has 2 aliphatic heterocycles. The van der Waals surface area contributed by atoms with E-state index in [2.05, 4.69) is 20.3 Å². The van der Waals surface area contributed by atoms with Gasteiger partial charge in [-0.2, -0.15) is 13.2 Å². The number of halogens is 4. The van der Waals surface area contributed by atoms with Crippen LogP contribution in [-0.4, -0.2) is 108 Å². The van der Waals surface area contributed by atoms with Gasteiger partial charge in [0.15, 0.2) is 11.6 Å². The number of nitrogens with zero attached hydrogens (tertiary/aromatic N) is 2. The number of alkyl halides is 3. The number of rotatable bonds is 9. The van der Waals surface area contributed by atoms with Gasteiger partial charge in [0.1, 0.15) is 23.7 Å². The number of aromatic nitrogens is 1. The number of hydrogen-bond donors (Lipinski definition) is 3. The van der Waals surface area contributed by atoms with Crippen molar-refractivity contribution in [1.82, 2.24) is 25.2 Å². The van der Waals surface area contributed by atoms with E-state index in [1.54, 1.807) is 32.1 Å². The molecule has 3 N–H and O–H groups in total. The molecule has 2 saturated carbocycles. The van der Waals surface area contributed by atoms with Crippen LogP contribution in [0, 0.1) is 11.7 Å². The molecular weight excluding hydrogens is 831 g/mol. The largest absolute Gasteiger partial charge is 0.494 e. The zero-order chi connectivity index (χ0) is 45.3. The molecule has 2 aliphatic carbocycles. The van der Waals surface area contributed by atoms with Gasteiger partial charge in [0.05, 0.1) is 30.6 Å². The van der Waals surface area contributed by atoms with Gasteiger partial charge in [-0.05, 0) is 89.8 Å². The molecule has 0 radical (unpaired) electrons. The molecule has 1 aromatic heterocycles. The van der Waals surface area contributed by atoms with Crippen molar-refractivity contribution in [3.8, 4) is 11.6 Å². The number of amides is 4. The van der Waals surface area contributed by atoms with E-state index in [-0.39, 0.29) is 47.1 Å². The zero-order valence-electron chi connectivity index (χ0n) is 35.5. The van der Waals surface area contributed by atoms with Crippen molar-refractivity contribution in [2.75, 3.05) is 13.7 Å². The normalized spacial score (nSPS) is 28.3. The molecule has 4 aliphatic rings. The number of pyridine rings is 1. The van der Waals surface area contributed by atoms with Gasteiger partial charge in [-0.3, -0.25) is 19.1 Å². The van der Waals surface area contributed by atoms with Crippen LogP contribution >= 0.6 is 0 Å². The minimum Gasteiger partial charge on any atom is -0.494 e. The molecule has 20 heteroatoms. The van der Waals surface area contributed by atoms with Gasteiger partial charge >= 0.3 is 12.3 Å². The average molecular weight is 892 g/mol. The van der Waals surface area contributed by atoms with E-state index in [0.717, 1.165) is 11.0 Å². The van der Waals surface area contributed by atoms with Crippen LogP contribution in [0.25, 0.3) is 10.8 Å². The Hall–Kier alpha value is -4.72. The maximum Gasteiger partial charge on any atom is 0.427 e. The number of alkyl carbamates (subject to hydrolysis) is 1. The van der Waals surface area contributed by atoms with E-state index in [0.29, 0.717) is 44.9 Å². The lowest BCUT2D eigenvalue weighted by Gasteiger charge is -2.35. The summed E-state index contributed by atoms with van der Waals surface area (Å²) in [6.07, 6.45) is -3.04. The molecule has 1 saturated heterocycles. The Morgan fingerprint density at radius 1 is 1.16 bits per heavy atom. The summed E-state index contributed by atoms with van der Waals surface area (Å²) in [6.45, 7) is 9.81. The molecule has 7 atom stereocenters. The highest BCUT2D eigenvalue weighted by Crippen LogP contribution is 2.47. The number of allylic oxidation sites excluding steroid dienone is 1. The van der Waals surface area contributed by atoms with Crippen LogP contribution in [0.3, 0.4) is 0 Å². The van der Waals surface area contributed by atoms with E-state index in [1.807, 2.05) is 13.8 Å². The Balaban J connectivity index is 0.00000278. The fraction of sp³-hybridized carbons (Fsp3) is 0.634. The summed E-state index contributed by atoms with van der Waals surface area (Å²) in [6, 6.07) is 1.04. The SMILES string of the molecule is CC.CC[C@@H]1O[C@H](C)CC/C=C\[C@@H]2C[C@@]2(C(=O)NS(=O)(=O)C2(C)CC2)NC(=O)[C@@H]2C[C@@H](Oc3nccc4cc(OC)c(F)cc34)CN2C(=O)[C@H]1NC(=O)OC(C)(C)C(F)(F)F.[HH].[HH].[HH]. The predicted octanol–water partition coefficient (Wildman–Crippen LogP) is 6.34. The summed E-state index contributed by atoms with van der Waals surface area (Å²) in [5, 5.41) is 5.73. The molecule has 2 aromatic rings. The van der Waals surface area contributed by atoms with Crippen LogP contribution in [0.2, 0.25) is 0 Å². The van der Waals surface area contributed by atoms with Gasteiger partial charge in [0, 0.05) is 28.2 Å². The first kappa shape index (κ1) is 47.3. The number of nitrogens with one attached hydrogen (secondary N) is 3. The van der Waals surface area contributed by atoms with Crippen LogP contribution in [0.1, 0.15) is 97.7 Å². The Morgan fingerprint density at radius 3 is 2.48 bits per heavy atom. The molecule has 0 bridgehead atoms. The first-order valence-electron chi connectivity index (χ1n) is 20.4. The highest BCUT2D eigenvalue weighted by atomic mass is 32.2. The lowest BCUT2D eigenvalue weighted by Crippen LogP contribution is -2.61. The maximum absolute atomic E-state index is 14.9. The van der Waals surface area contributed by atoms with Crippen molar-refractivity contribution in [2.45, 2.75) is 146 Å². The minimum absolute atomic E-state index is 0. The Labute approximate surface area is 357 Å². The van der Waals surface area contributed by atoms with Crippen LogP contribution in [0.5, 0.6) is 11.6 Å². The Bertz CT molecular complexity index is 2150. The number of ether oxygens (including phenoxy) is 4. The lowest BCUT2D eigenvalue weighted by atomic mass is 10.0. The Kier molecular flexibility index (Phi) is 13.9. The van der Waals surface area contributed by atoms with E-state index in [4.69, 9.17) is 18.9 Å². The molecule has 1 aromatic carbocycles. The van der Waals surface area contributed by atoms with Crippen molar-refractivity contribution in [2.24, 2.45) is 5.92 Å². The quantitative estimate of drug-likeness (QED) is 0.188. The number of sulfonamides is 1. The number of carbonyl (C=O) groups is 4. The third-order valence-electron chi connectivity index (χ3n) is 11.6. The Morgan fingerprint density at radius 2 is 1.85 bits per heavy atom. The number of methoxy groups -OCH3 is 1. The second kappa shape index (κ2) is 17.9. The molecule has 344 valence electrons. The average Bonchev–Trinajstić information content (AvgIpc) is 4.07. The standard InChI is InChI=1S/C39H49F4N5O10S.C2H6.3H2/c1-7-28-30(45-35(52)58-36(3,4)39(41,42)43)33(50)48-20-24(57-32-25-18-26(40)29(55-6)16-22(25)12-15-44-32)17-27(48)31(49)46-38(19-23(38)11-9-8-10-21(2)56-28)34(51)47-59(53,54)37(5)13-14-37;1-2;;;/h9,11-12,15-16,18,21,23-24,27-28,30H,7-8,10,13-14,17,19-20H2,1-6H3,(H,45,52)(H,46,49)(H,47,51);1-2H3;3*1H/b11-9-;;;;/t21-,23-,24-,27+,28+,30+,38-;;;;/m1..../s1. The third-order valence-corrected chi connectivity index (χ3v) is 13.7. The highest BCUT2D eigenvalue weighted by molar-refractivity contribution is 7.91. The predicted molar refractivity (Wildman–Crippen MR) is 221 cm³/mol. The third kappa shape index (κ3) is 10.00. The second-order valence-electron chi connectivity index (χ2n) is 16.4. The van der Waals surface area contributed by atoms with Gasteiger partial charge in [-0.25, -0.2) is 22.6 Å². The van der Waals surface area contributed by atoms with Gasteiger partial charge in [-0.1, -0.05) is 32.9 Å². The van der Waals surface area contributed by atoms with Crippen molar-refractivity contribution < 1.29 is 68.4 Å². The summed E-state index contributed by atoms with van der Waals surface area (Å²) < 4.78 is 106. The van der Waals surface area contributed by atoms with Crippen LogP contribution in [0.15, 0.2) is 36.5 Å². The molecule has 61 heavy (non-hydrogen) atoms. The smallest absolute Gasteiger partial charge is 0.427 e. The van der Waals surface area contributed by atoms with Crippen molar-refractivity contribution >= 4 is 44.6 Å². The lowest BCUT2D eigenvalue weighted by molar-refractivity contribution is -0.244. The van der Waals surface area contributed by atoms with Crippen molar-refractivity contribution in [1.29, 1.82) is 0 Å². The summed E-state index contributed by atoms with van der Waals surface area (Å²) in [5.74, 6) is -4.18. The molecule has 3 fully saturated rings. The van der Waals surface area contributed by atoms with Crippen molar-refractivity contribution in [3.05, 3.63) is 42.4 Å². The monoisotopic (exact) mass is 891 g/mol. The number of hydrogen-bond acceptors (Lipinski definition) is 11. The summed E-state index contributed by atoms with van der Waals surface area (Å²) >= 11 is 0. The zero-order valence-corrected chi connectivity index (χ0v) is 36.3. The highest BCUT2D eigenvalue weighted by Gasteiger charge is 2.63. The van der Waals surface area contributed by atoms with E-state index < -0.39 is 98.0 Å². The summed E-state index contributed by atoms with van der Waals surface area (Å²) in [5.41, 5.74) is -4.67. The van der Waals surface area contributed by atoms with E-state index in [9.17, 15) is 45.2 Å². The molecular formula is C41H61F4N5O10S. The molecule has 15 nitrogen and oxygen atoms in total. The fourth-order valence-electron chi connectivity index (χ4n) is 7.30. The fourth-order valence-corrected chi connectivity index (χ4v) is 8.62. The van der Waals surface area contributed by atoms with Gasteiger partial charge in [0.2, 0.25) is 33.3 Å². The molecule has 0 spiro atoms. The molecule has 6 rings (SSSR count). The van der Waals surface area contributed by atoms with Crippen LogP contribution < -0.4 is 24.8 Å². The molecule has 3 heterocycles. The molecule has 4 amide bonds. The first-order chi connectivity index (χ1) is 28.5. The number of carbonyl (C=O) groups excluding carboxylic acids is 4. The molecule has 0 unspecified atom stereocenters. The van der Waals surface area contributed by atoms with Crippen molar-refractivity contribution in [3.63, 3.8) is 0 Å².